The van der Waals surface area contributed by atoms with Gasteiger partial charge in [-0.2, -0.15) is 0 Å². The number of Topliss-reactive ketones (excluding diaryl/α,β-unsaturated/α-hetero) is 1. The Morgan fingerprint density at radius 2 is 1.94 bits per heavy atom. The average Bonchev–Trinajstić information content (AvgIpc) is 2.36. The van der Waals surface area contributed by atoms with E-state index in [2.05, 4.69) is 15.9 Å². The first-order valence-corrected chi connectivity index (χ1v) is 6.60. The molecule has 17 heavy (non-hydrogen) atoms. The number of ketones is 1. The maximum Gasteiger partial charge on any atom is 0.316 e. The molecule has 0 aliphatic rings. The van der Waals surface area contributed by atoms with Gasteiger partial charge in [-0.15, -0.1) is 0 Å². The van der Waals surface area contributed by atoms with E-state index in [9.17, 15) is 9.59 Å². The van der Waals surface area contributed by atoms with Gasteiger partial charge in [-0.3, -0.25) is 9.59 Å². The zero-order valence-electron chi connectivity index (χ0n) is 9.69. The molecular weight excluding hydrogens is 284 g/mol. The van der Waals surface area contributed by atoms with E-state index in [1.54, 1.807) is 6.92 Å². The second-order valence-electron chi connectivity index (χ2n) is 3.59. The zero-order chi connectivity index (χ0) is 12.7. The van der Waals surface area contributed by atoms with Gasteiger partial charge in [0.25, 0.3) is 0 Å². The number of rotatable bonds is 6. The second-order valence-corrected chi connectivity index (χ2v) is 4.16. The van der Waals surface area contributed by atoms with Crippen LogP contribution in [0.2, 0.25) is 0 Å². The van der Waals surface area contributed by atoms with E-state index in [-0.39, 0.29) is 11.1 Å². The van der Waals surface area contributed by atoms with Gasteiger partial charge in [0.05, 0.1) is 11.9 Å². The van der Waals surface area contributed by atoms with Gasteiger partial charge in [-0.05, 0) is 18.9 Å². The molecule has 1 aromatic carbocycles. The van der Waals surface area contributed by atoms with E-state index in [1.165, 1.54) is 0 Å². The van der Waals surface area contributed by atoms with Gasteiger partial charge in [0, 0.05) is 0 Å². The van der Waals surface area contributed by atoms with Gasteiger partial charge in [0.1, 0.15) is 5.92 Å². The summed E-state index contributed by atoms with van der Waals surface area (Å²) >= 11 is 3.09. The number of alkyl halides is 1. The molecule has 3 nitrogen and oxygen atoms in total. The van der Waals surface area contributed by atoms with Crippen LogP contribution in [-0.2, 0) is 20.7 Å². The predicted octanol–water partition coefficient (Wildman–Crippen LogP) is 2.37. The fourth-order valence-electron chi connectivity index (χ4n) is 1.51. The van der Waals surface area contributed by atoms with E-state index >= 15 is 0 Å². The molecule has 0 N–H and O–H groups in total. The highest BCUT2D eigenvalue weighted by Crippen LogP contribution is 2.13. The fraction of sp³-hybridized carbons (Fsp3) is 0.385. The largest absolute Gasteiger partial charge is 0.465 e. The lowest BCUT2D eigenvalue weighted by atomic mass is 9.96. The molecule has 1 atom stereocenters. The van der Waals surface area contributed by atoms with Crippen molar-refractivity contribution in [3.8, 4) is 0 Å². The third kappa shape index (κ3) is 4.30. The minimum atomic E-state index is -0.711. The third-order valence-corrected chi connectivity index (χ3v) is 2.93. The second kappa shape index (κ2) is 7.22. The van der Waals surface area contributed by atoms with Crippen LogP contribution in [0.15, 0.2) is 30.3 Å². The van der Waals surface area contributed by atoms with E-state index in [4.69, 9.17) is 4.74 Å². The number of carbonyl (C=O) groups is 2. The topological polar surface area (TPSA) is 43.4 Å². The molecule has 0 saturated heterocycles. The van der Waals surface area contributed by atoms with Crippen LogP contribution < -0.4 is 0 Å². The standard InChI is InChI=1S/C13H15BrO3/c1-2-17-13(16)11(12(15)9-14)8-10-6-4-3-5-7-10/h3-7,11H,2,8-9H2,1H3. The van der Waals surface area contributed by atoms with Crippen molar-refractivity contribution in [2.45, 2.75) is 13.3 Å². The van der Waals surface area contributed by atoms with Gasteiger partial charge in [-0.1, -0.05) is 46.3 Å². The molecular formula is C13H15BrO3. The summed E-state index contributed by atoms with van der Waals surface area (Å²) in [7, 11) is 0. The summed E-state index contributed by atoms with van der Waals surface area (Å²) in [4.78, 5) is 23.4. The van der Waals surface area contributed by atoms with Crippen molar-refractivity contribution in [3.05, 3.63) is 35.9 Å². The van der Waals surface area contributed by atoms with Crippen LogP contribution in [0.3, 0.4) is 0 Å². The third-order valence-electron chi connectivity index (χ3n) is 2.37. The molecule has 1 rings (SSSR count). The SMILES string of the molecule is CCOC(=O)C(Cc1ccccc1)C(=O)CBr. The van der Waals surface area contributed by atoms with Crippen molar-refractivity contribution in [1.29, 1.82) is 0 Å². The Morgan fingerprint density at radius 3 is 2.47 bits per heavy atom. The van der Waals surface area contributed by atoms with Crippen molar-refractivity contribution in [2.24, 2.45) is 5.92 Å². The van der Waals surface area contributed by atoms with Crippen molar-refractivity contribution in [3.63, 3.8) is 0 Å². The number of ether oxygens (including phenoxy) is 1. The number of hydrogen-bond donors (Lipinski definition) is 0. The number of carbonyl (C=O) groups excluding carboxylic acids is 2. The van der Waals surface area contributed by atoms with Gasteiger partial charge < -0.3 is 4.74 Å². The summed E-state index contributed by atoms with van der Waals surface area (Å²) in [6.45, 7) is 2.02. The Labute approximate surface area is 109 Å². The van der Waals surface area contributed by atoms with Crippen LogP contribution >= 0.6 is 15.9 Å². The lowest BCUT2D eigenvalue weighted by molar-refractivity contribution is -0.150. The van der Waals surface area contributed by atoms with Crippen LogP contribution in [0.1, 0.15) is 12.5 Å². The molecule has 0 heterocycles. The summed E-state index contributed by atoms with van der Waals surface area (Å²) in [5.74, 6) is -1.30. The number of benzene rings is 1. The molecule has 0 aromatic heterocycles. The summed E-state index contributed by atoms with van der Waals surface area (Å²) in [5, 5.41) is 0.170. The van der Waals surface area contributed by atoms with Crippen LogP contribution in [-0.4, -0.2) is 23.7 Å². The van der Waals surface area contributed by atoms with Crippen molar-refractivity contribution >= 4 is 27.7 Å². The monoisotopic (exact) mass is 298 g/mol. The van der Waals surface area contributed by atoms with Gasteiger partial charge >= 0.3 is 5.97 Å². The van der Waals surface area contributed by atoms with Crippen LogP contribution in [0, 0.1) is 5.92 Å². The van der Waals surface area contributed by atoms with Gasteiger partial charge in [0.2, 0.25) is 0 Å². The molecule has 1 unspecified atom stereocenters. The molecule has 0 saturated carbocycles. The van der Waals surface area contributed by atoms with Crippen LogP contribution in [0.4, 0.5) is 0 Å². The van der Waals surface area contributed by atoms with Crippen molar-refractivity contribution in [2.75, 3.05) is 11.9 Å². The minimum absolute atomic E-state index is 0.146. The van der Waals surface area contributed by atoms with Crippen molar-refractivity contribution in [1.82, 2.24) is 0 Å². The summed E-state index contributed by atoms with van der Waals surface area (Å²) in [6.07, 6.45) is 0.393. The molecule has 0 amide bonds. The molecule has 1 aromatic rings. The lowest BCUT2D eigenvalue weighted by Gasteiger charge is -2.13. The molecule has 0 radical (unpaired) electrons. The first kappa shape index (κ1) is 13.9. The molecule has 0 spiro atoms. The van der Waals surface area contributed by atoms with E-state index in [1.807, 2.05) is 30.3 Å². The summed E-state index contributed by atoms with van der Waals surface area (Å²) in [6, 6.07) is 9.46. The summed E-state index contributed by atoms with van der Waals surface area (Å²) in [5.41, 5.74) is 0.958. The summed E-state index contributed by atoms with van der Waals surface area (Å²) < 4.78 is 4.92. The zero-order valence-corrected chi connectivity index (χ0v) is 11.3. The Hall–Kier alpha value is -1.16. The predicted molar refractivity (Wildman–Crippen MR) is 69.1 cm³/mol. The van der Waals surface area contributed by atoms with Crippen molar-refractivity contribution < 1.29 is 14.3 Å². The lowest BCUT2D eigenvalue weighted by Crippen LogP contribution is -2.29. The first-order chi connectivity index (χ1) is 8.19. The molecule has 0 aliphatic heterocycles. The maximum absolute atomic E-state index is 11.7. The van der Waals surface area contributed by atoms with Crippen LogP contribution in [0.5, 0.6) is 0 Å². The van der Waals surface area contributed by atoms with Crippen LogP contribution in [0.25, 0.3) is 0 Å². The number of hydrogen-bond acceptors (Lipinski definition) is 3. The van der Waals surface area contributed by atoms with E-state index in [0.717, 1.165) is 5.56 Å². The smallest absolute Gasteiger partial charge is 0.316 e. The van der Waals surface area contributed by atoms with Gasteiger partial charge in [-0.25, -0.2) is 0 Å². The average molecular weight is 299 g/mol. The van der Waals surface area contributed by atoms with Gasteiger partial charge in [0.15, 0.2) is 5.78 Å². The highest BCUT2D eigenvalue weighted by Gasteiger charge is 2.26. The van der Waals surface area contributed by atoms with E-state index in [0.29, 0.717) is 13.0 Å². The molecule has 0 fully saturated rings. The number of esters is 1. The Kier molecular flexibility index (Phi) is 5.91. The number of halogens is 1. The molecule has 4 heteroatoms. The highest BCUT2D eigenvalue weighted by atomic mass is 79.9. The highest BCUT2D eigenvalue weighted by molar-refractivity contribution is 9.09. The molecule has 92 valence electrons. The van der Waals surface area contributed by atoms with E-state index < -0.39 is 11.9 Å². The minimum Gasteiger partial charge on any atom is -0.465 e. The molecule has 0 bridgehead atoms. The molecule has 0 aliphatic carbocycles. The Morgan fingerprint density at radius 1 is 1.29 bits per heavy atom. The first-order valence-electron chi connectivity index (χ1n) is 5.48. The Bertz CT molecular complexity index is 376. The Balaban J connectivity index is 2.77. The fourth-order valence-corrected chi connectivity index (χ4v) is 1.91. The normalized spacial score (nSPS) is 11.9. The maximum atomic E-state index is 11.7. The quantitative estimate of drug-likeness (QED) is 0.460.